The van der Waals surface area contributed by atoms with Gasteiger partial charge >= 0.3 is 6.18 Å². The van der Waals surface area contributed by atoms with E-state index in [2.05, 4.69) is 9.97 Å². The number of pyridine rings is 1. The van der Waals surface area contributed by atoms with Crippen LogP contribution in [0.3, 0.4) is 0 Å². The van der Waals surface area contributed by atoms with Crippen molar-refractivity contribution in [1.82, 2.24) is 14.5 Å². The van der Waals surface area contributed by atoms with Crippen LogP contribution >= 0.6 is 0 Å². The van der Waals surface area contributed by atoms with Crippen molar-refractivity contribution < 1.29 is 13.2 Å². The van der Waals surface area contributed by atoms with Crippen LogP contribution in [0.1, 0.15) is 5.56 Å². The van der Waals surface area contributed by atoms with E-state index in [0.29, 0.717) is 28.2 Å². The fraction of sp³-hybridized carbons (Fsp3) is 0.143. The number of hydrogen-bond donors (Lipinski definition) is 1. The number of aryl methyl sites for hydroxylation is 1. The number of anilines is 1. The van der Waals surface area contributed by atoms with Gasteiger partial charge in [0.05, 0.1) is 11.3 Å². The van der Waals surface area contributed by atoms with Gasteiger partial charge in [-0.1, -0.05) is 12.1 Å². The van der Waals surface area contributed by atoms with Gasteiger partial charge in [0, 0.05) is 18.8 Å². The van der Waals surface area contributed by atoms with Crippen molar-refractivity contribution >= 4 is 16.9 Å². The molecular weight excluding hydrogens is 281 g/mol. The van der Waals surface area contributed by atoms with E-state index < -0.39 is 11.7 Å². The van der Waals surface area contributed by atoms with E-state index in [1.165, 1.54) is 12.1 Å². The lowest BCUT2D eigenvalue weighted by Gasteiger charge is -2.07. The first-order chi connectivity index (χ1) is 9.88. The Morgan fingerprint density at radius 1 is 1.10 bits per heavy atom. The van der Waals surface area contributed by atoms with Crippen LogP contribution in [0, 0.1) is 0 Å². The maximum absolute atomic E-state index is 12.6. The van der Waals surface area contributed by atoms with Gasteiger partial charge in [0.2, 0.25) is 0 Å². The number of fused-ring (bicyclic) bond motifs is 1. The third kappa shape index (κ3) is 2.20. The molecule has 0 aliphatic heterocycles. The number of nitrogen functional groups attached to an aromatic ring is 1. The van der Waals surface area contributed by atoms with Crippen LogP contribution in [0.25, 0.3) is 22.6 Å². The molecule has 0 fully saturated rings. The van der Waals surface area contributed by atoms with Crippen molar-refractivity contribution in [2.45, 2.75) is 6.18 Å². The van der Waals surface area contributed by atoms with Crippen LogP contribution in [0.5, 0.6) is 0 Å². The number of nitrogens with zero attached hydrogens (tertiary/aromatic N) is 3. The third-order valence-corrected chi connectivity index (χ3v) is 3.26. The predicted octanol–water partition coefficient (Wildman–Crippen LogP) is 3.24. The molecule has 3 aromatic rings. The quantitative estimate of drug-likeness (QED) is 0.749. The van der Waals surface area contributed by atoms with Crippen molar-refractivity contribution in [2.24, 2.45) is 7.05 Å². The highest BCUT2D eigenvalue weighted by atomic mass is 19.4. The fourth-order valence-electron chi connectivity index (χ4n) is 2.17. The number of alkyl halides is 3. The summed E-state index contributed by atoms with van der Waals surface area (Å²) in [5.41, 5.74) is 7.32. The Morgan fingerprint density at radius 3 is 2.33 bits per heavy atom. The lowest BCUT2D eigenvalue weighted by atomic mass is 10.1. The topological polar surface area (TPSA) is 56.7 Å². The molecular formula is C14H11F3N4. The number of rotatable bonds is 1. The predicted molar refractivity (Wildman–Crippen MR) is 73.4 cm³/mol. The molecule has 21 heavy (non-hydrogen) atoms. The summed E-state index contributed by atoms with van der Waals surface area (Å²) in [5.74, 6) is 0.518. The minimum atomic E-state index is -4.35. The molecule has 1 aromatic carbocycles. The first-order valence-corrected chi connectivity index (χ1v) is 6.12. The van der Waals surface area contributed by atoms with Gasteiger partial charge in [-0.2, -0.15) is 13.2 Å². The highest BCUT2D eigenvalue weighted by Crippen LogP contribution is 2.31. The lowest BCUT2D eigenvalue weighted by molar-refractivity contribution is -0.137. The Labute approximate surface area is 118 Å². The van der Waals surface area contributed by atoms with Gasteiger partial charge in [-0.25, -0.2) is 9.97 Å². The maximum Gasteiger partial charge on any atom is 0.416 e. The molecule has 0 atom stereocenters. The fourth-order valence-corrected chi connectivity index (χ4v) is 2.17. The molecule has 3 rings (SSSR count). The van der Waals surface area contributed by atoms with E-state index in [0.717, 1.165) is 12.1 Å². The maximum atomic E-state index is 12.6. The van der Waals surface area contributed by atoms with E-state index in [-0.39, 0.29) is 0 Å². The Kier molecular flexibility index (Phi) is 2.86. The van der Waals surface area contributed by atoms with E-state index in [4.69, 9.17) is 5.73 Å². The molecule has 108 valence electrons. The monoisotopic (exact) mass is 292 g/mol. The number of aromatic nitrogens is 3. The van der Waals surface area contributed by atoms with Crippen molar-refractivity contribution in [3.8, 4) is 11.4 Å². The van der Waals surface area contributed by atoms with Gasteiger partial charge in [0.15, 0.2) is 5.65 Å². The van der Waals surface area contributed by atoms with Gasteiger partial charge in [-0.15, -0.1) is 0 Å². The second-order valence-corrected chi connectivity index (χ2v) is 4.64. The van der Waals surface area contributed by atoms with Crippen LogP contribution < -0.4 is 5.73 Å². The molecule has 2 aromatic heterocycles. The highest BCUT2D eigenvalue weighted by molar-refractivity contribution is 5.87. The number of benzene rings is 1. The minimum absolute atomic E-state index is 0.480. The molecule has 0 saturated carbocycles. The smallest absolute Gasteiger partial charge is 0.397 e. The number of nitrogens with two attached hydrogens (primary N) is 1. The summed E-state index contributed by atoms with van der Waals surface area (Å²) in [6.07, 6.45) is -2.78. The SMILES string of the molecule is Cn1c(-c2ccc(C(F)(F)F)cc2)nc2c(N)ccnc21. The molecule has 0 aliphatic rings. The zero-order valence-electron chi connectivity index (χ0n) is 11.0. The average Bonchev–Trinajstić information content (AvgIpc) is 2.77. The van der Waals surface area contributed by atoms with Gasteiger partial charge < -0.3 is 10.3 Å². The summed E-state index contributed by atoms with van der Waals surface area (Å²) >= 11 is 0. The molecule has 0 bridgehead atoms. The molecule has 0 spiro atoms. The standard InChI is InChI=1S/C14H11F3N4/c1-21-12(20-11-10(18)6-7-19-13(11)21)8-2-4-9(5-3-8)14(15,16)17/h2-7H,1H3,(H2,18,19). The lowest BCUT2D eigenvalue weighted by Crippen LogP contribution is -2.04. The van der Waals surface area contributed by atoms with Crippen LogP contribution in [-0.4, -0.2) is 14.5 Å². The molecule has 0 radical (unpaired) electrons. The molecule has 7 heteroatoms. The number of hydrogen-bond acceptors (Lipinski definition) is 3. The Bertz CT molecular complexity index is 803. The van der Waals surface area contributed by atoms with Crippen molar-refractivity contribution in [3.05, 3.63) is 42.1 Å². The molecule has 0 aliphatic carbocycles. The molecule has 2 N–H and O–H groups in total. The molecule has 0 amide bonds. The van der Waals surface area contributed by atoms with Gasteiger partial charge in [-0.3, -0.25) is 0 Å². The normalized spacial score (nSPS) is 12.0. The molecule has 2 heterocycles. The second kappa shape index (κ2) is 4.47. The zero-order valence-corrected chi connectivity index (χ0v) is 11.0. The molecule has 4 nitrogen and oxygen atoms in total. The summed E-state index contributed by atoms with van der Waals surface area (Å²) in [7, 11) is 1.74. The van der Waals surface area contributed by atoms with E-state index in [1.54, 1.807) is 23.9 Å². The Balaban J connectivity index is 2.13. The van der Waals surface area contributed by atoms with Gasteiger partial charge in [-0.05, 0) is 18.2 Å². The van der Waals surface area contributed by atoms with Crippen molar-refractivity contribution in [3.63, 3.8) is 0 Å². The molecule has 0 saturated heterocycles. The largest absolute Gasteiger partial charge is 0.416 e. The summed E-state index contributed by atoms with van der Waals surface area (Å²) < 4.78 is 39.4. The molecule has 0 unspecified atom stereocenters. The third-order valence-electron chi connectivity index (χ3n) is 3.26. The van der Waals surface area contributed by atoms with E-state index in [9.17, 15) is 13.2 Å². The van der Waals surface area contributed by atoms with Crippen LogP contribution in [-0.2, 0) is 13.2 Å². The zero-order chi connectivity index (χ0) is 15.2. The van der Waals surface area contributed by atoms with Crippen molar-refractivity contribution in [1.29, 1.82) is 0 Å². The van der Waals surface area contributed by atoms with Gasteiger partial charge in [0.25, 0.3) is 0 Å². The Hall–Kier alpha value is -2.57. The summed E-state index contributed by atoms with van der Waals surface area (Å²) in [6.45, 7) is 0. The van der Waals surface area contributed by atoms with E-state index in [1.807, 2.05) is 0 Å². The average molecular weight is 292 g/mol. The first-order valence-electron chi connectivity index (χ1n) is 6.12. The van der Waals surface area contributed by atoms with Crippen LogP contribution in [0.2, 0.25) is 0 Å². The Morgan fingerprint density at radius 2 is 1.76 bits per heavy atom. The minimum Gasteiger partial charge on any atom is -0.397 e. The first kappa shape index (κ1) is 13.4. The van der Waals surface area contributed by atoms with E-state index >= 15 is 0 Å². The van der Waals surface area contributed by atoms with Crippen LogP contribution in [0.15, 0.2) is 36.5 Å². The second-order valence-electron chi connectivity index (χ2n) is 4.64. The summed E-state index contributed by atoms with van der Waals surface area (Å²) in [4.78, 5) is 8.55. The van der Waals surface area contributed by atoms with Crippen LogP contribution in [0.4, 0.5) is 18.9 Å². The summed E-state index contributed by atoms with van der Waals surface area (Å²) in [6, 6.07) is 6.48. The van der Waals surface area contributed by atoms with Gasteiger partial charge in [0.1, 0.15) is 11.3 Å². The van der Waals surface area contributed by atoms with Crippen molar-refractivity contribution in [2.75, 3.05) is 5.73 Å². The number of halogens is 3. The number of imidazole rings is 1. The summed E-state index contributed by atoms with van der Waals surface area (Å²) in [5, 5.41) is 0. The highest BCUT2D eigenvalue weighted by Gasteiger charge is 2.30.